The molecule has 29 heavy (non-hydrogen) atoms. The van der Waals surface area contributed by atoms with Gasteiger partial charge in [-0.1, -0.05) is 80.1 Å². The fourth-order valence-electron chi connectivity index (χ4n) is 3.51. The first-order chi connectivity index (χ1) is 13.9. The van der Waals surface area contributed by atoms with Gasteiger partial charge in [0, 0.05) is 0 Å². The number of rotatable bonds is 18. The molecule has 0 aromatic carbocycles. The topological polar surface area (TPSA) is 52.6 Å². The minimum atomic E-state index is -0.173. The van der Waals surface area contributed by atoms with Crippen LogP contribution in [0.25, 0.3) is 0 Å². The molecule has 0 fully saturated rings. The molecule has 4 heteroatoms. The second-order valence-corrected chi connectivity index (χ2v) is 8.68. The average Bonchev–Trinajstić information content (AvgIpc) is 2.73. The van der Waals surface area contributed by atoms with Gasteiger partial charge in [-0.05, 0) is 43.9 Å². The highest BCUT2D eigenvalue weighted by Gasteiger charge is 2.23. The molecule has 0 N–H and O–H groups in total. The first-order valence-electron chi connectivity index (χ1n) is 12.3. The number of esters is 2. The third kappa shape index (κ3) is 13.0. The van der Waals surface area contributed by atoms with Gasteiger partial charge >= 0.3 is 11.9 Å². The Morgan fingerprint density at radius 2 is 1.14 bits per heavy atom. The van der Waals surface area contributed by atoms with Gasteiger partial charge in [0.05, 0.1) is 25.0 Å². The molecular weight excluding hydrogens is 364 g/mol. The quantitative estimate of drug-likeness (QED) is 0.229. The Morgan fingerprint density at radius 3 is 1.55 bits per heavy atom. The molecule has 0 bridgehead atoms. The summed E-state index contributed by atoms with van der Waals surface area (Å²) in [4.78, 5) is 24.8. The Balaban J connectivity index is 4.31. The number of carbonyl (C=O) groups is 2. The molecule has 0 amide bonds. The van der Waals surface area contributed by atoms with Crippen molar-refractivity contribution in [3.8, 4) is 0 Å². The number of carbonyl (C=O) groups excluding carboxylic acids is 2. The first kappa shape index (κ1) is 27.9. The van der Waals surface area contributed by atoms with E-state index in [0.29, 0.717) is 37.9 Å². The molecule has 0 spiro atoms. The van der Waals surface area contributed by atoms with Crippen LogP contribution in [0.2, 0.25) is 0 Å². The lowest BCUT2D eigenvalue weighted by atomic mass is 9.94. The number of hydrogen-bond donors (Lipinski definition) is 0. The standard InChI is InChI=1S/C25H48O4/c1-7-12-14-21(9-3)18-28-24(26)20(6)16-17-23(11-5)25(27)29-19-22(10-4)15-13-8-2/h20-23H,7-19H2,1-6H3. The molecule has 0 aromatic heterocycles. The van der Waals surface area contributed by atoms with Crippen LogP contribution in [0, 0.1) is 23.7 Å². The van der Waals surface area contributed by atoms with Gasteiger partial charge in [0.2, 0.25) is 0 Å². The Hall–Kier alpha value is -1.06. The van der Waals surface area contributed by atoms with Crippen LogP contribution in [0.15, 0.2) is 0 Å². The summed E-state index contributed by atoms with van der Waals surface area (Å²) in [5, 5.41) is 0. The summed E-state index contributed by atoms with van der Waals surface area (Å²) in [6, 6.07) is 0. The maximum absolute atomic E-state index is 12.5. The largest absolute Gasteiger partial charge is 0.465 e. The number of unbranched alkanes of at least 4 members (excludes halogenated alkanes) is 2. The molecule has 0 aliphatic heterocycles. The molecule has 4 unspecified atom stereocenters. The van der Waals surface area contributed by atoms with Gasteiger partial charge in [0.1, 0.15) is 0 Å². The zero-order valence-corrected chi connectivity index (χ0v) is 20.1. The molecule has 0 radical (unpaired) electrons. The molecule has 0 saturated heterocycles. The van der Waals surface area contributed by atoms with Crippen LogP contribution in [0.4, 0.5) is 0 Å². The van der Waals surface area contributed by atoms with Gasteiger partial charge in [-0.3, -0.25) is 9.59 Å². The molecule has 0 rings (SSSR count). The van der Waals surface area contributed by atoms with Crippen molar-refractivity contribution < 1.29 is 19.1 Å². The van der Waals surface area contributed by atoms with E-state index in [1.165, 1.54) is 25.7 Å². The fraction of sp³-hybridized carbons (Fsp3) is 0.920. The van der Waals surface area contributed by atoms with E-state index in [0.717, 1.165) is 32.1 Å². The van der Waals surface area contributed by atoms with Crippen molar-refractivity contribution in [2.75, 3.05) is 13.2 Å². The minimum Gasteiger partial charge on any atom is -0.465 e. The van der Waals surface area contributed by atoms with Gasteiger partial charge < -0.3 is 9.47 Å². The fourth-order valence-corrected chi connectivity index (χ4v) is 3.51. The van der Waals surface area contributed by atoms with E-state index in [1.54, 1.807) is 0 Å². The maximum atomic E-state index is 12.5. The Bertz CT molecular complexity index is 421. The van der Waals surface area contributed by atoms with Crippen LogP contribution in [-0.2, 0) is 19.1 Å². The molecule has 4 nitrogen and oxygen atoms in total. The van der Waals surface area contributed by atoms with E-state index in [-0.39, 0.29) is 23.8 Å². The van der Waals surface area contributed by atoms with E-state index in [4.69, 9.17) is 9.47 Å². The van der Waals surface area contributed by atoms with Crippen molar-refractivity contribution in [3.05, 3.63) is 0 Å². The first-order valence-corrected chi connectivity index (χ1v) is 12.3. The van der Waals surface area contributed by atoms with E-state index >= 15 is 0 Å². The lowest BCUT2D eigenvalue weighted by Crippen LogP contribution is -2.23. The van der Waals surface area contributed by atoms with Crippen molar-refractivity contribution >= 4 is 11.9 Å². The summed E-state index contributed by atoms with van der Waals surface area (Å²) in [6.45, 7) is 13.7. The molecule has 0 aliphatic carbocycles. The second kappa shape index (κ2) is 17.8. The van der Waals surface area contributed by atoms with Crippen LogP contribution in [0.1, 0.15) is 112 Å². The van der Waals surface area contributed by atoms with Gasteiger partial charge in [0.25, 0.3) is 0 Å². The summed E-state index contributed by atoms with van der Waals surface area (Å²) in [5.41, 5.74) is 0. The number of ether oxygens (including phenoxy) is 2. The van der Waals surface area contributed by atoms with Gasteiger partial charge in [-0.15, -0.1) is 0 Å². The summed E-state index contributed by atoms with van der Waals surface area (Å²) >= 11 is 0. The zero-order valence-electron chi connectivity index (χ0n) is 20.1. The highest BCUT2D eigenvalue weighted by atomic mass is 16.5. The molecule has 0 heterocycles. The molecule has 0 aromatic rings. The minimum absolute atomic E-state index is 0.103. The highest BCUT2D eigenvalue weighted by molar-refractivity contribution is 5.73. The zero-order chi connectivity index (χ0) is 22.1. The van der Waals surface area contributed by atoms with Crippen LogP contribution in [0.3, 0.4) is 0 Å². The van der Waals surface area contributed by atoms with E-state index in [9.17, 15) is 9.59 Å². The van der Waals surface area contributed by atoms with Gasteiger partial charge in [-0.25, -0.2) is 0 Å². The maximum Gasteiger partial charge on any atom is 0.308 e. The Kier molecular flexibility index (Phi) is 17.1. The predicted molar refractivity (Wildman–Crippen MR) is 121 cm³/mol. The van der Waals surface area contributed by atoms with Crippen LogP contribution in [0.5, 0.6) is 0 Å². The predicted octanol–water partition coefficient (Wildman–Crippen LogP) is 6.95. The molecular formula is C25H48O4. The normalized spacial score (nSPS) is 15.4. The lowest BCUT2D eigenvalue weighted by Gasteiger charge is -2.20. The number of hydrogen-bond acceptors (Lipinski definition) is 4. The van der Waals surface area contributed by atoms with E-state index in [1.807, 2.05) is 13.8 Å². The van der Waals surface area contributed by atoms with Gasteiger partial charge in [-0.2, -0.15) is 0 Å². The highest BCUT2D eigenvalue weighted by Crippen LogP contribution is 2.21. The summed E-state index contributed by atoms with van der Waals surface area (Å²) in [7, 11) is 0. The summed E-state index contributed by atoms with van der Waals surface area (Å²) in [5.74, 6) is 0.394. The van der Waals surface area contributed by atoms with Crippen LogP contribution < -0.4 is 0 Å². The second-order valence-electron chi connectivity index (χ2n) is 8.68. The van der Waals surface area contributed by atoms with Crippen LogP contribution in [-0.4, -0.2) is 25.2 Å². The molecule has 4 atom stereocenters. The Labute approximate surface area is 180 Å². The SMILES string of the molecule is CCCCC(CC)COC(=O)C(C)CCC(CC)C(=O)OCC(CC)CCCC. The molecule has 0 aliphatic rings. The van der Waals surface area contributed by atoms with Crippen molar-refractivity contribution in [2.24, 2.45) is 23.7 Å². The summed E-state index contributed by atoms with van der Waals surface area (Å²) < 4.78 is 11.2. The van der Waals surface area contributed by atoms with Crippen molar-refractivity contribution in [2.45, 2.75) is 112 Å². The third-order valence-electron chi connectivity index (χ3n) is 6.19. The van der Waals surface area contributed by atoms with Crippen molar-refractivity contribution in [1.29, 1.82) is 0 Å². The third-order valence-corrected chi connectivity index (χ3v) is 6.19. The van der Waals surface area contributed by atoms with Crippen molar-refractivity contribution in [3.63, 3.8) is 0 Å². The Morgan fingerprint density at radius 1 is 0.655 bits per heavy atom. The molecule has 172 valence electrons. The monoisotopic (exact) mass is 412 g/mol. The van der Waals surface area contributed by atoms with Crippen molar-refractivity contribution in [1.82, 2.24) is 0 Å². The van der Waals surface area contributed by atoms with Gasteiger partial charge in [0.15, 0.2) is 0 Å². The van der Waals surface area contributed by atoms with E-state index < -0.39 is 0 Å². The smallest absolute Gasteiger partial charge is 0.308 e. The van der Waals surface area contributed by atoms with Crippen LogP contribution >= 0.6 is 0 Å². The van der Waals surface area contributed by atoms with E-state index in [2.05, 4.69) is 27.7 Å². The molecule has 0 saturated carbocycles. The average molecular weight is 413 g/mol. The lowest BCUT2D eigenvalue weighted by molar-refractivity contribution is -0.153. The summed E-state index contributed by atoms with van der Waals surface area (Å²) in [6.07, 6.45) is 11.2.